The van der Waals surface area contributed by atoms with Crippen LogP contribution in [0.2, 0.25) is 5.02 Å². The van der Waals surface area contributed by atoms with Gasteiger partial charge in [0, 0.05) is 40.4 Å². The highest BCUT2D eigenvalue weighted by Gasteiger charge is 2.10. The summed E-state index contributed by atoms with van der Waals surface area (Å²) in [5, 5.41) is 1.94. The predicted molar refractivity (Wildman–Crippen MR) is 73.6 cm³/mol. The van der Waals surface area contributed by atoms with E-state index in [4.69, 9.17) is 11.6 Å². The second-order valence-corrected chi connectivity index (χ2v) is 4.54. The maximum atomic E-state index is 6.06. The molecular formula is C14H12ClN3. The Balaban J connectivity index is 2.30. The maximum absolute atomic E-state index is 6.06. The van der Waals surface area contributed by atoms with Gasteiger partial charge in [-0.3, -0.25) is 0 Å². The van der Waals surface area contributed by atoms with Crippen LogP contribution in [-0.4, -0.2) is 14.5 Å². The Hall–Kier alpha value is -1.87. The second-order valence-electron chi connectivity index (χ2n) is 4.10. The molecule has 2 heterocycles. The number of rotatable bonds is 2. The quantitative estimate of drug-likeness (QED) is 0.700. The minimum atomic E-state index is 0.756. The zero-order valence-corrected chi connectivity index (χ0v) is 10.7. The number of fused-ring (bicyclic) bond motifs is 1. The fourth-order valence-electron chi connectivity index (χ4n) is 2.24. The number of hydrogen-bond donors (Lipinski definition) is 0. The summed E-state index contributed by atoms with van der Waals surface area (Å²) in [6, 6.07) is 8.09. The molecule has 0 N–H and O–H groups in total. The summed E-state index contributed by atoms with van der Waals surface area (Å²) in [5.74, 6) is 0. The lowest BCUT2D eigenvalue weighted by Crippen LogP contribution is -1.97. The van der Waals surface area contributed by atoms with Gasteiger partial charge in [0.2, 0.25) is 0 Å². The molecule has 2 aromatic heterocycles. The van der Waals surface area contributed by atoms with E-state index in [0.717, 1.165) is 28.3 Å². The van der Waals surface area contributed by atoms with Gasteiger partial charge in [-0.1, -0.05) is 17.7 Å². The van der Waals surface area contributed by atoms with Gasteiger partial charge in [-0.05, 0) is 25.1 Å². The molecule has 0 spiro atoms. The van der Waals surface area contributed by atoms with Crippen molar-refractivity contribution in [2.45, 2.75) is 13.5 Å². The van der Waals surface area contributed by atoms with Crippen LogP contribution in [0.5, 0.6) is 0 Å². The van der Waals surface area contributed by atoms with Gasteiger partial charge in [-0.2, -0.15) is 0 Å². The third-order valence-electron chi connectivity index (χ3n) is 3.04. The molecule has 0 bridgehead atoms. The van der Waals surface area contributed by atoms with Crippen LogP contribution in [0.3, 0.4) is 0 Å². The average molecular weight is 258 g/mol. The summed E-state index contributed by atoms with van der Waals surface area (Å²) in [7, 11) is 0. The molecular weight excluding hydrogens is 246 g/mol. The summed E-state index contributed by atoms with van der Waals surface area (Å²) < 4.78 is 2.22. The van der Waals surface area contributed by atoms with E-state index in [-0.39, 0.29) is 0 Å². The van der Waals surface area contributed by atoms with Crippen molar-refractivity contribution in [3.63, 3.8) is 0 Å². The van der Waals surface area contributed by atoms with Crippen molar-refractivity contribution in [1.29, 1.82) is 0 Å². The Morgan fingerprint density at radius 1 is 1.17 bits per heavy atom. The number of benzene rings is 1. The Bertz CT molecular complexity index is 689. The van der Waals surface area contributed by atoms with E-state index in [9.17, 15) is 0 Å². The van der Waals surface area contributed by atoms with E-state index >= 15 is 0 Å². The fraction of sp³-hybridized carbons (Fsp3) is 0.143. The molecule has 3 rings (SSSR count). The number of halogens is 1. The maximum Gasteiger partial charge on any atom is 0.115 e. The van der Waals surface area contributed by atoms with Crippen LogP contribution in [0.15, 0.2) is 43.0 Å². The van der Waals surface area contributed by atoms with Crippen molar-refractivity contribution in [1.82, 2.24) is 14.5 Å². The van der Waals surface area contributed by atoms with Gasteiger partial charge in [-0.15, -0.1) is 0 Å². The summed E-state index contributed by atoms with van der Waals surface area (Å²) in [6.07, 6.45) is 5.20. The first-order chi connectivity index (χ1) is 8.79. The van der Waals surface area contributed by atoms with E-state index in [1.165, 1.54) is 5.39 Å². The van der Waals surface area contributed by atoms with Crippen LogP contribution in [0, 0.1) is 0 Å². The standard InChI is InChI=1S/C14H12ClN3/c1-2-18-13(11-7-16-9-17-8-11)5-10-3-4-12(15)6-14(10)18/h3-9H,2H2,1H3. The first-order valence-corrected chi connectivity index (χ1v) is 6.21. The molecule has 0 aliphatic rings. The molecule has 0 aliphatic carbocycles. The molecule has 0 fully saturated rings. The van der Waals surface area contributed by atoms with Gasteiger partial charge in [0.05, 0.1) is 5.69 Å². The molecule has 0 amide bonds. The number of aromatic nitrogens is 3. The highest BCUT2D eigenvalue weighted by Crippen LogP contribution is 2.29. The first-order valence-electron chi connectivity index (χ1n) is 5.84. The molecule has 0 atom stereocenters. The van der Waals surface area contributed by atoms with Crippen LogP contribution < -0.4 is 0 Å². The third kappa shape index (κ3) is 1.77. The van der Waals surface area contributed by atoms with Crippen molar-refractivity contribution in [3.8, 4) is 11.3 Å². The third-order valence-corrected chi connectivity index (χ3v) is 3.27. The lowest BCUT2D eigenvalue weighted by molar-refractivity contribution is 0.804. The van der Waals surface area contributed by atoms with E-state index in [1.807, 2.05) is 30.6 Å². The van der Waals surface area contributed by atoms with Gasteiger partial charge < -0.3 is 4.57 Å². The van der Waals surface area contributed by atoms with Gasteiger partial charge in [0.1, 0.15) is 6.33 Å². The topological polar surface area (TPSA) is 30.7 Å². The van der Waals surface area contributed by atoms with Crippen LogP contribution in [-0.2, 0) is 6.54 Å². The van der Waals surface area contributed by atoms with Crippen LogP contribution in [0.1, 0.15) is 6.92 Å². The van der Waals surface area contributed by atoms with E-state index in [2.05, 4.69) is 27.5 Å². The lowest BCUT2D eigenvalue weighted by Gasteiger charge is -2.07. The molecule has 4 heteroatoms. The molecule has 90 valence electrons. The zero-order chi connectivity index (χ0) is 12.5. The SMILES string of the molecule is CCn1c(-c2cncnc2)cc2ccc(Cl)cc21. The van der Waals surface area contributed by atoms with Crippen molar-refractivity contribution >= 4 is 22.5 Å². The zero-order valence-electron chi connectivity index (χ0n) is 9.97. The highest BCUT2D eigenvalue weighted by molar-refractivity contribution is 6.31. The minimum Gasteiger partial charge on any atom is -0.341 e. The number of hydrogen-bond acceptors (Lipinski definition) is 2. The molecule has 0 saturated heterocycles. The molecule has 3 nitrogen and oxygen atoms in total. The molecule has 0 aliphatic heterocycles. The smallest absolute Gasteiger partial charge is 0.115 e. The van der Waals surface area contributed by atoms with Crippen LogP contribution >= 0.6 is 11.6 Å². The Morgan fingerprint density at radius 3 is 2.67 bits per heavy atom. The predicted octanol–water partition coefficient (Wildman–Crippen LogP) is 3.77. The summed E-state index contributed by atoms with van der Waals surface area (Å²) in [4.78, 5) is 8.15. The van der Waals surface area contributed by atoms with Crippen LogP contribution in [0.25, 0.3) is 22.2 Å². The lowest BCUT2D eigenvalue weighted by atomic mass is 10.2. The average Bonchev–Trinajstić information content (AvgIpc) is 2.77. The number of nitrogens with zero attached hydrogens (tertiary/aromatic N) is 3. The molecule has 18 heavy (non-hydrogen) atoms. The van der Waals surface area contributed by atoms with Crippen molar-refractivity contribution < 1.29 is 0 Å². The van der Waals surface area contributed by atoms with E-state index in [0.29, 0.717) is 0 Å². The normalized spacial score (nSPS) is 11.0. The largest absolute Gasteiger partial charge is 0.341 e. The Morgan fingerprint density at radius 2 is 1.94 bits per heavy atom. The highest BCUT2D eigenvalue weighted by atomic mass is 35.5. The molecule has 0 saturated carbocycles. The Labute approximate surface area is 110 Å². The van der Waals surface area contributed by atoms with Crippen molar-refractivity contribution in [3.05, 3.63) is 48.0 Å². The van der Waals surface area contributed by atoms with E-state index < -0.39 is 0 Å². The number of aryl methyl sites for hydroxylation is 1. The van der Waals surface area contributed by atoms with Gasteiger partial charge in [-0.25, -0.2) is 9.97 Å². The first kappa shape index (κ1) is 11.2. The molecule has 3 aromatic rings. The van der Waals surface area contributed by atoms with Gasteiger partial charge in [0.25, 0.3) is 0 Å². The summed E-state index contributed by atoms with van der Waals surface area (Å²) in [6.45, 7) is 3.00. The summed E-state index contributed by atoms with van der Waals surface area (Å²) >= 11 is 6.06. The fourth-order valence-corrected chi connectivity index (χ4v) is 2.41. The monoisotopic (exact) mass is 257 g/mol. The summed E-state index contributed by atoms with van der Waals surface area (Å²) in [5.41, 5.74) is 3.28. The van der Waals surface area contributed by atoms with Gasteiger partial charge in [0.15, 0.2) is 0 Å². The van der Waals surface area contributed by atoms with Gasteiger partial charge >= 0.3 is 0 Å². The van der Waals surface area contributed by atoms with Crippen molar-refractivity contribution in [2.75, 3.05) is 0 Å². The van der Waals surface area contributed by atoms with E-state index in [1.54, 1.807) is 6.33 Å². The molecule has 1 aromatic carbocycles. The van der Waals surface area contributed by atoms with Crippen LogP contribution in [0.4, 0.5) is 0 Å². The Kier molecular flexibility index (Phi) is 2.76. The van der Waals surface area contributed by atoms with Crippen molar-refractivity contribution in [2.24, 2.45) is 0 Å². The molecule has 0 radical (unpaired) electrons. The minimum absolute atomic E-state index is 0.756. The molecule has 0 unspecified atom stereocenters. The second kappa shape index (κ2) is 4.42.